The van der Waals surface area contributed by atoms with Crippen molar-refractivity contribution in [2.24, 2.45) is 0 Å². The Hall–Kier alpha value is -3.11. The monoisotopic (exact) mass is 412 g/mol. The number of H-pyrrole nitrogens is 1. The molecule has 1 aromatic rings. The van der Waals surface area contributed by atoms with Crippen LogP contribution in [0, 0.1) is 6.92 Å². The number of amides is 2. The maximum absolute atomic E-state index is 12.7. The summed E-state index contributed by atoms with van der Waals surface area (Å²) in [6.07, 6.45) is 0.692. The number of nitrogens with zero attached hydrogens (tertiary/aromatic N) is 3. The number of rotatable bonds is 7. The lowest BCUT2D eigenvalue weighted by atomic mass is 10.2. The van der Waals surface area contributed by atoms with E-state index in [1.54, 1.807) is 20.8 Å². The molecule has 0 unspecified atom stereocenters. The second kappa shape index (κ2) is 9.89. The number of ether oxygens (including phenoxy) is 2. The third-order valence-electron chi connectivity index (χ3n) is 3.81. The molecule has 0 saturated carbocycles. The third kappa shape index (κ3) is 7.80. The number of carbonyl (C=O) groups is 3. The van der Waals surface area contributed by atoms with Crippen molar-refractivity contribution in [3.05, 3.63) is 32.6 Å². The van der Waals surface area contributed by atoms with Crippen LogP contribution in [0.25, 0.3) is 0 Å². The number of methoxy groups -OCH3 is 1. The maximum atomic E-state index is 12.7. The molecule has 0 bridgehead atoms. The Morgan fingerprint density at radius 2 is 1.79 bits per heavy atom. The Kier molecular flexibility index (Phi) is 8.16. The molecule has 0 aliphatic heterocycles. The van der Waals surface area contributed by atoms with E-state index in [1.165, 1.54) is 37.1 Å². The van der Waals surface area contributed by atoms with Crippen molar-refractivity contribution < 1.29 is 23.9 Å². The van der Waals surface area contributed by atoms with Crippen LogP contribution in [0.2, 0.25) is 0 Å². The zero-order valence-electron chi connectivity index (χ0n) is 17.6. The lowest BCUT2D eigenvalue weighted by Gasteiger charge is -2.27. The van der Waals surface area contributed by atoms with Crippen molar-refractivity contribution in [2.45, 2.75) is 39.8 Å². The summed E-state index contributed by atoms with van der Waals surface area (Å²) in [6.45, 7) is 6.07. The van der Waals surface area contributed by atoms with Crippen molar-refractivity contribution >= 4 is 18.0 Å². The molecule has 11 nitrogen and oxygen atoms in total. The molecular weight excluding hydrogens is 384 g/mol. The van der Waals surface area contributed by atoms with E-state index in [2.05, 4.69) is 9.72 Å². The van der Waals surface area contributed by atoms with Gasteiger partial charge < -0.3 is 19.3 Å². The molecule has 2 amide bonds. The van der Waals surface area contributed by atoms with Crippen LogP contribution < -0.4 is 11.2 Å². The Morgan fingerprint density at radius 1 is 1.17 bits per heavy atom. The van der Waals surface area contributed by atoms with Gasteiger partial charge in [0, 0.05) is 31.9 Å². The van der Waals surface area contributed by atoms with Gasteiger partial charge in [-0.1, -0.05) is 0 Å². The smallest absolute Gasteiger partial charge is 0.410 e. The average molecular weight is 412 g/mol. The van der Waals surface area contributed by atoms with Crippen molar-refractivity contribution in [1.29, 1.82) is 0 Å². The molecule has 0 spiro atoms. The van der Waals surface area contributed by atoms with Crippen LogP contribution in [0.1, 0.15) is 26.3 Å². The highest BCUT2D eigenvalue weighted by Gasteiger charge is 2.23. The second-order valence-electron chi connectivity index (χ2n) is 7.49. The van der Waals surface area contributed by atoms with Crippen LogP contribution in [0.5, 0.6) is 0 Å². The van der Waals surface area contributed by atoms with E-state index in [4.69, 9.17) is 4.74 Å². The van der Waals surface area contributed by atoms with Crippen LogP contribution in [0.4, 0.5) is 4.79 Å². The number of carbonyl (C=O) groups excluding carboxylic acids is 3. The second-order valence-corrected chi connectivity index (χ2v) is 7.49. The van der Waals surface area contributed by atoms with Gasteiger partial charge in [-0.25, -0.2) is 9.59 Å². The lowest BCUT2D eigenvalue weighted by Crippen LogP contribution is -2.45. The van der Waals surface area contributed by atoms with E-state index < -0.39 is 34.8 Å². The zero-order chi connectivity index (χ0) is 22.4. The van der Waals surface area contributed by atoms with Gasteiger partial charge in [-0.3, -0.25) is 23.9 Å². The largest absolute Gasteiger partial charge is 0.468 e. The predicted molar refractivity (Wildman–Crippen MR) is 104 cm³/mol. The van der Waals surface area contributed by atoms with Crippen LogP contribution in [-0.2, 0) is 25.6 Å². The third-order valence-corrected chi connectivity index (χ3v) is 3.81. The maximum Gasteiger partial charge on any atom is 0.410 e. The molecule has 1 heterocycles. The van der Waals surface area contributed by atoms with Crippen LogP contribution in [-0.4, -0.2) is 76.7 Å². The quantitative estimate of drug-likeness (QED) is 0.609. The summed E-state index contributed by atoms with van der Waals surface area (Å²) in [5.74, 6) is -1.20. The van der Waals surface area contributed by atoms with Gasteiger partial charge in [-0.15, -0.1) is 0 Å². The molecule has 1 rings (SSSR count). The molecule has 1 N–H and O–H groups in total. The molecule has 0 saturated heterocycles. The molecule has 1 aromatic heterocycles. The van der Waals surface area contributed by atoms with Crippen molar-refractivity contribution in [3.8, 4) is 0 Å². The molecule has 0 atom stereocenters. The normalized spacial score (nSPS) is 11.0. The summed E-state index contributed by atoms with van der Waals surface area (Å²) < 4.78 is 10.9. The minimum absolute atomic E-state index is 0.0146. The van der Waals surface area contributed by atoms with Crippen molar-refractivity contribution in [1.82, 2.24) is 19.4 Å². The Morgan fingerprint density at radius 3 is 2.34 bits per heavy atom. The summed E-state index contributed by atoms with van der Waals surface area (Å²) in [5, 5.41) is 0. The van der Waals surface area contributed by atoms with Gasteiger partial charge in [0.2, 0.25) is 5.91 Å². The first-order valence-corrected chi connectivity index (χ1v) is 8.93. The number of likely N-dealkylation sites (N-methyl/N-ethyl adjacent to an activating group) is 1. The number of hydrogen-bond donors (Lipinski definition) is 1. The highest BCUT2D eigenvalue weighted by molar-refractivity contribution is 5.82. The number of aryl methyl sites for hydroxylation is 1. The molecule has 0 aliphatic carbocycles. The fourth-order valence-corrected chi connectivity index (χ4v) is 2.20. The molecule has 0 fully saturated rings. The Balaban J connectivity index is 2.89. The number of aromatic amines is 1. The highest BCUT2D eigenvalue weighted by atomic mass is 16.6. The number of hydrogen-bond acceptors (Lipinski definition) is 7. The zero-order valence-corrected chi connectivity index (χ0v) is 17.6. The lowest BCUT2D eigenvalue weighted by molar-refractivity contribution is -0.147. The van der Waals surface area contributed by atoms with Gasteiger partial charge in [-0.2, -0.15) is 0 Å². The van der Waals surface area contributed by atoms with Gasteiger partial charge in [0.15, 0.2) is 0 Å². The summed E-state index contributed by atoms with van der Waals surface area (Å²) in [6, 6.07) is 0. The van der Waals surface area contributed by atoms with E-state index in [1.807, 2.05) is 0 Å². The molecule has 0 aliphatic rings. The van der Waals surface area contributed by atoms with E-state index >= 15 is 0 Å². The Labute approximate surface area is 168 Å². The van der Waals surface area contributed by atoms with Gasteiger partial charge in [0.05, 0.1) is 7.11 Å². The molecule has 0 aromatic carbocycles. The first kappa shape index (κ1) is 23.9. The highest BCUT2D eigenvalue weighted by Crippen LogP contribution is 2.09. The van der Waals surface area contributed by atoms with Gasteiger partial charge >= 0.3 is 17.8 Å². The molecular formula is C18H28N4O7. The van der Waals surface area contributed by atoms with Crippen molar-refractivity contribution in [2.75, 3.05) is 33.8 Å². The van der Waals surface area contributed by atoms with Crippen LogP contribution >= 0.6 is 0 Å². The average Bonchev–Trinajstić information content (AvgIpc) is 2.60. The summed E-state index contributed by atoms with van der Waals surface area (Å²) in [5.41, 5.74) is -1.68. The number of esters is 1. The first-order chi connectivity index (χ1) is 13.3. The van der Waals surface area contributed by atoms with Gasteiger partial charge in [0.1, 0.15) is 18.7 Å². The summed E-state index contributed by atoms with van der Waals surface area (Å²) >= 11 is 0. The van der Waals surface area contributed by atoms with Gasteiger partial charge in [0.25, 0.3) is 5.56 Å². The molecule has 162 valence electrons. The van der Waals surface area contributed by atoms with E-state index in [-0.39, 0.29) is 31.7 Å². The predicted octanol–water partition coefficient (Wildman–Crippen LogP) is -0.286. The number of aromatic nitrogens is 2. The standard InChI is InChI=1S/C18H28N4O7/c1-12-9-22(16(26)19-15(12)25)10-13(23)21(11-14(24)28-6)8-7-20(5)17(27)29-18(2,3)4/h9H,7-8,10-11H2,1-6H3,(H,19,25,26). The topological polar surface area (TPSA) is 131 Å². The molecule has 11 heteroatoms. The fourth-order valence-electron chi connectivity index (χ4n) is 2.20. The SMILES string of the molecule is COC(=O)CN(CCN(C)C(=O)OC(C)(C)C)C(=O)Cn1cc(C)c(=O)[nH]c1=O. The summed E-state index contributed by atoms with van der Waals surface area (Å²) in [7, 11) is 2.69. The molecule has 0 radical (unpaired) electrons. The van der Waals surface area contributed by atoms with Crippen LogP contribution in [0.15, 0.2) is 15.8 Å². The fraction of sp³-hybridized carbons (Fsp3) is 0.611. The van der Waals surface area contributed by atoms with Crippen molar-refractivity contribution in [3.63, 3.8) is 0 Å². The van der Waals surface area contributed by atoms with E-state index in [0.29, 0.717) is 0 Å². The first-order valence-electron chi connectivity index (χ1n) is 8.93. The Bertz CT molecular complexity index is 866. The minimum atomic E-state index is -0.738. The summed E-state index contributed by atoms with van der Waals surface area (Å²) in [4.78, 5) is 64.3. The van der Waals surface area contributed by atoms with E-state index in [0.717, 1.165) is 4.57 Å². The molecule has 29 heavy (non-hydrogen) atoms. The minimum Gasteiger partial charge on any atom is -0.468 e. The van der Waals surface area contributed by atoms with Crippen LogP contribution in [0.3, 0.4) is 0 Å². The van der Waals surface area contributed by atoms with Gasteiger partial charge in [-0.05, 0) is 27.7 Å². The number of nitrogens with one attached hydrogen (secondary N) is 1. The van der Waals surface area contributed by atoms with E-state index in [9.17, 15) is 24.0 Å².